The first-order valence-electron chi connectivity index (χ1n) is 8.25. The van der Waals surface area contributed by atoms with Gasteiger partial charge in [0.15, 0.2) is 17.8 Å². The van der Waals surface area contributed by atoms with Crippen LogP contribution < -0.4 is 5.32 Å². The molecular formula is C21H12F2N2O3. The quantitative estimate of drug-likeness (QED) is 0.527. The third-order valence-corrected chi connectivity index (χ3v) is 4.10. The number of ketones is 1. The molecule has 0 atom stereocenters. The third-order valence-electron chi connectivity index (χ3n) is 4.10. The van der Waals surface area contributed by atoms with Crippen LogP contribution in [0.3, 0.4) is 0 Å². The molecule has 0 saturated carbocycles. The van der Waals surface area contributed by atoms with Crippen LogP contribution in [0.4, 0.5) is 14.5 Å². The van der Waals surface area contributed by atoms with Crippen molar-refractivity contribution in [1.82, 2.24) is 4.98 Å². The fraction of sp³-hybridized carbons (Fsp3) is 0. The number of aromatic nitrogens is 1. The number of benzene rings is 3. The van der Waals surface area contributed by atoms with E-state index in [0.29, 0.717) is 16.7 Å². The summed E-state index contributed by atoms with van der Waals surface area (Å²) in [6, 6.07) is 13.3. The Labute approximate surface area is 157 Å². The number of fused-ring (bicyclic) bond motifs is 1. The highest BCUT2D eigenvalue weighted by molar-refractivity contribution is 6.11. The van der Waals surface area contributed by atoms with Crippen molar-refractivity contribution in [2.24, 2.45) is 0 Å². The van der Waals surface area contributed by atoms with Crippen LogP contribution in [-0.2, 0) is 0 Å². The molecule has 28 heavy (non-hydrogen) atoms. The molecule has 1 N–H and O–H groups in total. The average Bonchev–Trinajstić information content (AvgIpc) is 3.14. The lowest BCUT2D eigenvalue weighted by molar-refractivity contribution is 0.102. The van der Waals surface area contributed by atoms with E-state index in [1.807, 2.05) is 0 Å². The highest BCUT2D eigenvalue weighted by Gasteiger charge is 2.15. The lowest BCUT2D eigenvalue weighted by Crippen LogP contribution is -2.13. The van der Waals surface area contributed by atoms with Crippen LogP contribution in [0.5, 0.6) is 0 Å². The number of hydrogen-bond acceptors (Lipinski definition) is 4. The number of carbonyl (C=O) groups excluding carboxylic acids is 2. The van der Waals surface area contributed by atoms with E-state index in [9.17, 15) is 18.4 Å². The largest absolute Gasteiger partial charge is 0.443 e. The molecule has 138 valence electrons. The fourth-order valence-electron chi connectivity index (χ4n) is 2.79. The number of amides is 1. The van der Waals surface area contributed by atoms with Gasteiger partial charge in [0.05, 0.1) is 0 Å². The second-order valence-corrected chi connectivity index (χ2v) is 6.06. The van der Waals surface area contributed by atoms with E-state index in [1.165, 1.54) is 36.7 Å². The summed E-state index contributed by atoms with van der Waals surface area (Å²) < 4.78 is 32.4. The molecule has 3 aromatic carbocycles. The van der Waals surface area contributed by atoms with E-state index >= 15 is 0 Å². The summed E-state index contributed by atoms with van der Waals surface area (Å²) in [5.41, 5.74) is 1.54. The Morgan fingerprint density at radius 3 is 2.50 bits per heavy atom. The molecule has 0 unspecified atom stereocenters. The van der Waals surface area contributed by atoms with Crippen molar-refractivity contribution in [1.29, 1.82) is 0 Å². The second kappa shape index (κ2) is 7.03. The average molecular weight is 378 g/mol. The van der Waals surface area contributed by atoms with E-state index in [1.54, 1.807) is 12.1 Å². The standard InChI is InChI=1S/C21H12F2N2O3/c22-15-3-1-2-13(6-15)21(27)25-17-8-14(7-16(23)10-17)20(26)12-4-5-19-18(9-12)24-11-28-19/h1-11H,(H,25,27). The van der Waals surface area contributed by atoms with Crippen molar-refractivity contribution < 1.29 is 22.8 Å². The smallest absolute Gasteiger partial charge is 0.255 e. The van der Waals surface area contributed by atoms with Gasteiger partial charge in [0.1, 0.15) is 17.2 Å². The zero-order valence-corrected chi connectivity index (χ0v) is 14.3. The Morgan fingerprint density at radius 1 is 0.857 bits per heavy atom. The monoisotopic (exact) mass is 378 g/mol. The first kappa shape index (κ1) is 17.5. The molecule has 0 spiro atoms. The summed E-state index contributed by atoms with van der Waals surface area (Å²) in [5, 5.41) is 2.47. The number of nitrogens with zero attached hydrogens (tertiary/aromatic N) is 1. The minimum absolute atomic E-state index is 0.0531. The van der Waals surface area contributed by atoms with Gasteiger partial charge in [0.2, 0.25) is 0 Å². The molecule has 1 aromatic heterocycles. The third kappa shape index (κ3) is 3.50. The van der Waals surface area contributed by atoms with Crippen LogP contribution in [-0.4, -0.2) is 16.7 Å². The predicted molar refractivity (Wildman–Crippen MR) is 98.2 cm³/mol. The van der Waals surface area contributed by atoms with Gasteiger partial charge in [-0.05, 0) is 54.6 Å². The first-order valence-corrected chi connectivity index (χ1v) is 8.25. The predicted octanol–water partition coefficient (Wildman–Crippen LogP) is 4.59. The van der Waals surface area contributed by atoms with E-state index in [2.05, 4.69) is 10.3 Å². The number of rotatable bonds is 4. The van der Waals surface area contributed by atoms with Crippen molar-refractivity contribution in [2.75, 3.05) is 5.32 Å². The number of oxazole rings is 1. The topological polar surface area (TPSA) is 72.2 Å². The minimum atomic E-state index is -0.692. The number of halogens is 2. The maximum atomic E-state index is 14.0. The maximum absolute atomic E-state index is 14.0. The summed E-state index contributed by atoms with van der Waals surface area (Å²) in [6.07, 6.45) is 1.27. The summed E-state index contributed by atoms with van der Waals surface area (Å²) in [6.45, 7) is 0. The van der Waals surface area contributed by atoms with Gasteiger partial charge in [0.25, 0.3) is 5.91 Å². The van der Waals surface area contributed by atoms with E-state index in [4.69, 9.17) is 4.42 Å². The summed E-state index contributed by atoms with van der Waals surface area (Å²) in [7, 11) is 0. The zero-order valence-electron chi connectivity index (χ0n) is 14.3. The lowest BCUT2D eigenvalue weighted by Gasteiger charge is -2.08. The Hall–Kier alpha value is -3.87. The van der Waals surface area contributed by atoms with Crippen molar-refractivity contribution in [3.63, 3.8) is 0 Å². The normalized spacial score (nSPS) is 10.8. The van der Waals surface area contributed by atoms with Crippen LogP contribution in [0.1, 0.15) is 26.3 Å². The van der Waals surface area contributed by atoms with Crippen LogP contribution in [0.15, 0.2) is 71.5 Å². The summed E-state index contributed by atoms with van der Waals surface area (Å²) >= 11 is 0. The van der Waals surface area contributed by atoms with Crippen LogP contribution >= 0.6 is 0 Å². The Morgan fingerprint density at radius 2 is 1.68 bits per heavy atom. The van der Waals surface area contributed by atoms with E-state index in [-0.39, 0.29) is 16.8 Å². The molecular weight excluding hydrogens is 366 g/mol. The fourth-order valence-corrected chi connectivity index (χ4v) is 2.79. The van der Waals surface area contributed by atoms with Gasteiger partial charge in [-0.3, -0.25) is 9.59 Å². The molecule has 1 amide bonds. The van der Waals surface area contributed by atoms with E-state index in [0.717, 1.165) is 18.2 Å². The molecule has 0 aliphatic heterocycles. The Bertz CT molecular complexity index is 1220. The Kier molecular flexibility index (Phi) is 4.41. The number of nitrogens with one attached hydrogen (secondary N) is 1. The molecule has 7 heteroatoms. The Balaban J connectivity index is 1.62. The van der Waals surface area contributed by atoms with Gasteiger partial charge < -0.3 is 9.73 Å². The zero-order chi connectivity index (χ0) is 19.7. The second-order valence-electron chi connectivity index (χ2n) is 6.06. The van der Waals surface area contributed by atoms with Crippen molar-refractivity contribution in [3.8, 4) is 0 Å². The van der Waals surface area contributed by atoms with Gasteiger partial charge in [-0.25, -0.2) is 13.8 Å². The molecule has 0 saturated heterocycles. The van der Waals surface area contributed by atoms with Crippen molar-refractivity contribution >= 4 is 28.5 Å². The molecule has 0 radical (unpaired) electrons. The van der Waals surface area contributed by atoms with Crippen molar-refractivity contribution in [3.05, 3.63) is 95.4 Å². The molecule has 0 aliphatic carbocycles. The van der Waals surface area contributed by atoms with Gasteiger partial charge in [-0.2, -0.15) is 0 Å². The molecule has 0 bridgehead atoms. The lowest BCUT2D eigenvalue weighted by atomic mass is 10.0. The molecule has 4 rings (SSSR count). The summed E-state index contributed by atoms with van der Waals surface area (Å²) in [5.74, 6) is -2.31. The molecule has 1 heterocycles. The van der Waals surface area contributed by atoms with Gasteiger partial charge in [-0.15, -0.1) is 0 Å². The first-order chi connectivity index (χ1) is 13.5. The van der Waals surface area contributed by atoms with Crippen molar-refractivity contribution in [2.45, 2.75) is 0 Å². The maximum Gasteiger partial charge on any atom is 0.255 e. The molecule has 0 aliphatic rings. The highest BCUT2D eigenvalue weighted by Crippen LogP contribution is 2.21. The highest BCUT2D eigenvalue weighted by atomic mass is 19.1. The molecule has 4 aromatic rings. The molecule has 0 fully saturated rings. The minimum Gasteiger partial charge on any atom is -0.443 e. The number of carbonyl (C=O) groups is 2. The van der Waals surface area contributed by atoms with E-state index < -0.39 is 23.3 Å². The van der Waals surface area contributed by atoms with Gasteiger partial charge in [-0.1, -0.05) is 6.07 Å². The van der Waals surface area contributed by atoms with Crippen LogP contribution in [0.25, 0.3) is 11.1 Å². The van der Waals surface area contributed by atoms with Crippen LogP contribution in [0.2, 0.25) is 0 Å². The SMILES string of the molecule is O=C(Nc1cc(F)cc(C(=O)c2ccc3ocnc3c2)c1)c1cccc(F)c1. The molecule has 5 nitrogen and oxygen atoms in total. The number of anilines is 1. The van der Waals surface area contributed by atoms with Gasteiger partial charge in [0, 0.05) is 22.4 Å². The van der Waals surface area contributed by atoms with Crippen LogP contribution in [0, 0.1) is 11.6 Å². The van der Waals surface area contributed by atoms with Gasteiger partial charge >= 0.3 is 0 Å². The summed E-state index contributed by atoms with van der Waals surface area (Å²) in [4.78, 5) is 29.0. The number of hydrogen-bond donors (Lipinski definition) is 1.